The lowest BCUT2D eigenvalue weighted by molar-refractivity contribution is -0.123. The summed E-state index contributed by atoms with van der Waals surface area (Å²) < 4.78 is 46.5. The SMILES string of the molecule is O=C(NCC(F)(F)F)c1cc(COCC2C#CCCC/C=C\2)on1. The minimum absolute atomic E-state index is 0.0113. The van der Waals surface area contributed by atoms with Gasteiger partial charge in [0.2, 0.25) is 0 Å². The van der Waals surface area contributed by atoms with Gasteiger partial charge in [0.15, 0.2) is 11.5 Å². The Hall–Kier alpha value is -2.27. The average molecular weight is 342 g/mol. The van der Waals surface area contributed by atoms with Gasteiger partial charge in [-0.25, -0.2) is 0 Å². The molecule has 1 amide bonds. The van der Waals surface area contributed by atoms with Gasteiger partial charge in [-0.2, -0.15) is 13.2 Å². The predicted molar refractivity (Wildman–Crippen MR) is 78.8 cm³/mol. The average Bonchev–Trinajstić information content (AvgIpc) is 2.95. The quantitative estimate of drug-likeness (QED) is 0.638. The van der Waals surface area contributed by atoms with Crippen LogP contribution in [0.25, 0.3) is 0 Å². The topological polar surface area (TPSA) is 64.4 Å². The zero-order chi connectivity index (χ0) is 17.4. The molecule has 0 aliphatic heterocycles. The summed E-state index contributed by atoms with van der Waals surface area (Å²) in [5.74, 6) is 5.45. The van der Waals surface area contributed by atoms with Gasteiger partial charge in [-0.05, 0) is 12.8 Å². The fourth-order valence-corrected chi connectivity index (χ4v) is 1.96. The molecule has 0 spiro atoms. The van der Waals surface area contributed by atoms with Gasteiger partial charge < -0.3 is 14.6 Å². The number of aromatic nitrogens is 1. The summed E-state index contributed by atoms with van der Waals surface area (Å²) in [6.45, 7) is -0.997. The molecular formula is C16H17F3N2O3. The highest BCUT2D eigenvalue weighted by Gasteiger charge is 2.28. The molecule has 0 bridgehead atoms. The molecule has 1 aromatic rings. The van der Waals surface area contributed by atoms with E-state index in [1.165, 1.54) is 6.07 Å². The summed E-state index contributed by atoms with van der Waals surface area (Å²) in [5.41, 5.74) is -0.219. The Balaban J connectivity index is 1.78. The maximum atomic E-state index is 12.0. The molecule has 130 valence electrons. The van der Waals surface area contributed by atoms with Gasteiger partial charge in [0, 0.05) is 12.5 Å². The molecular weight excluding hydrogens is 325 g/mol. The third kappa shape index (κ3) is 6.46. The number of halogens is 3. The summed E-state index contributed by atoms with van der Waals surface area (Å²) >= 11 is 0. The Bertz CT molecular complexity index is 641. The maximum absolute atomic E-state index is 12.0. The number of amides is 1. The first-order valence-corrected chi connectivity index (χ1v) is 7.47. The van der Waals surface area contributed by atoms with Crippen LogP contribution in [0.1, 0.15) is 35.5 Å². The minimum atomic E-state index is -4.47. The fourth-order valence-electron chi connectivity index (χ4n) is 1.96. The minimum Gasteiger partial charge on any atom is -0.372 e. The summed E-state index contributed by atoms with van der Waals surface area (Å²) in [5, 5.41) is 5.15. The van der Waals surface area contributed by atoms with Crippen LogP contribution in [0.5, 0.6) is 0 Å². The number of alkyl halides is 3. The lowest BCUT2D eigenvalue weighted by Gasteiger charge is -2.07. The molecule has 1 N–H and O–H groups in total. The van der Waals surface area contributed by atoms with Gasteiger partial charge in [-0.15, -0.1) is 5.92 Å². The van der Waals surface area contributed by atoms with Crippen LogP contribution in [0.2, 0.25) is 0 Å². The third-order valence-electron chi connectivity index (χ3n) is 3.11. The predicted octanol–water partition coefficient (Wildman–Crippen LogP) is 2.84. The van der Waals surface area contributed by atoms with Crippen molar-refractivity contribution >= 4 is 5.91 Å². The summed E-state index contributed by atoms with van der Waals surface area (Å²) in [6.07, 6.45) is 2.48. The third-order valence-corrected chi connectivity index (χ3v) is 3.11. The number of carbonyl (C=O) groups is 1. The second-order valence-electron chi connectivity index (χ2n) is 5.24. The summed E-state index contributed by atoms with van der Waals surface area (Å²) in [6, 6.07) is 1.26. The van der Waals surface area contributed by atoms with Crippen LogP contribution in [-0.2, 0) is 11.3 Å². The normalized spacial score (nSPS) is 18.9. The molecule has 0 radical (unpaired) electrons. The highest BCUT2D eigenvalue weighted by Crippen LogP contribution is 2.13. The fraction of sp³-hybridized carbons (Fsp3) is 0.500. The van der Waals surface area contributed by atoms with Crippen molar-refractivity contribution < 1.29 is 27.2 Å². The first kappa shape index (κ1) is 18.1. The number of hydrogen-bond acceptors (Lipinski definition) is 4. The largest absolute Gasteiger partial charge is 0.405 e. The maximum Gasteiger partial charge on any atom is 0.405 e. The number of rotatable bonds is 6. The van der Waals surface area contributed by atoms with Crippen LogP contribution in [-0.4, -0.2) is 30.4 Å². The van der Waals surface area contributed by atoms with E-state index in [-0.39, 0.29) is 24.0 Å². The van der Waals surface area contributed by atoms with Crippen molar-refractivity contribution in [3.8, 4) is 11.8 Å². The van der Waals surface area contributed by atoms with E-state index in [0.29, 0.717) is 6.61 Å². The smallest absolute Gasteiger partial charge is 0.372 e. The zero-order valence-corrected chi connectivity index (χ0v) is 12.9. The zero-order valence-electron chi connectivity index (χ0n) is 12.9. The first-order valence-electron chi connectivity index (χ1n) is 7.47. The van der Waals surface area contributed by atoms with E-state index in [2.05, 4.69) is 23.1 Å². The van der Waals surface area contributed by atoms with Crippen LogP contribution in [0.15, 0.2) is 22.7 Å². The Kier molecular flexibility index (Phi) is 6.44. The van der Waals surface area contributed by atoms with Gasteiger partial charge in [0.05, 0.1) is 12.5 Å². The number of hydrogen-bond donors (Lipinski definition) is 1. The van der Waals surface area contributed by atoms with Crippen molar-refractivity contribution in [3.05, 3.63) is 29.7 Å². The molecule has 0 saturated carbocycles. The van der Waals surface area contributed by atoms with Crippen LogP contribution < -0.4 is 5.32 Å². The first-order chi connectivity index (χ1) is 11.4. The van der Waals surface area contributed by atoms with E-state index in [0.717, 1.165) is 19.3 Å². The van der Waals surface area contributed by atoms with Crippen LogP contribution in [0.3, 0.4) is 0 Å². The van der Waals surface area contributed by atoms with E-state index >= 15 is 0 Å². The standard InChI is InChI=1S/C16H17F3N2O3/c17-16(18,19)11-20-15(22)14-8-13(24-21-14)10-23-9-12-6-4-2-1-3-5-7-12/h4,6,8,12H,1-3,9-11H2,(H,20,22)/b6-4-. The molecule has 1 unspecified atom stereocenters. The highest BCUT2D eigenvalue weighted by molar-refractivity contribution is 5.92. The summed E-state index contributed by atoms with van der Waals surface area (Å²) in [7, 11) is 0. The van der Waals surface area contributed by atoms with E-state index < -0.39 is 18.6 Å². The van der Waals surface area contributed by atoms with Crippen molar-refractivity contribution in [2.24, 2.45) is 5.92 Å². The van der Waals surface area contributed by atoms with Gasteiger partial charge >= 0.3 is 6.18 Å². The molecule has 1 aliphatic carbocycles. The molecule has 5 nitrogen and oxygen atoms in total. The second-order valence-corrected chi connectivity index (χ2v) is 5.24. The number of allylic oxidation sites excluding steroid dienone is 1. The van der Waals surface area contributed by atoms with Crippen LogP contribution in [0.4, 0.5) is 13.2 Å². The van der Waals surface area contributed by atoms with E-state index in [9.17, 15) is 18.0 Å². The Labute approximate surface area is 137 Å². The lowest BCUT2D eigenvalue weighted by atomic mass is 10.1. The lowest BCUT2D eigenvalue weighted by Crippen LogP contribution is -2.33. The number of carbonyl (C=O) groups excluding carboxylic acids is 1. The van der Waals surface area contributed by atoms with Crippen LogP contribution in [0, 0.1) is 17.8 Å². The molecule has 2 rings (SSSR count). The van der Waals surface area contributed by atoms with E-state index in [4.69, 9.17) is 9.26 Å². The number of ether oxygens (including phenoxy) is 1. The Morgan fingerprint density at radius 1 is 1.50 bits per heavy atom. The Morgan fingerprint density at radius 2 is 2.33 bits per heavy atom. The summed E-state index contributed by atoms with van der Waals surface area (Å²) in [4.78, 5) is 11.5. The molecule has 1 aromatic heterocycles. The van der Waals surface area contributed by atoms with Crippen LogP contribution >= 0.6 is 0 Å². The van der Waals surface area contributed by atoms with Crippen molar-refractivity contribution in [2.75, 3.05) is 13.2 Å². The second kappa shape index (κ2) is 8.55. The highest BCUT2D eigenvalue weighted by atomic mass is 19.4. The van der Waals surface area contributed by atoms with Gasteiger partial charge in [0.25, 0.3) is 5.91 Å². The van der Waals surface area contributed by atoms with Gasteiger partial charge in [-0.3, -0.25) is 4.79 Å². The van der Waals surface area contributed by atoms with E-state index in [1.54, 1.807) is 5.32 Å². The van der Waals surface area contributed by atoms with Gasteiger partial charge in [0.1, 0.15) is 13.2 Å². The molecule has 1 heterocycles. The molecule has 0 fully saturated rings. The molecule has 0 aromatic carbocycles. The monoisotopic (exact) mass is 342 g/mol. The molecule has 24 heavy (non-hydrogen) atoms. The number of nitrogens with one attached hydrogen (secondary N) is 1. The van der Waals surface area contributed by atoms with Crippen molar-refractivity contribution in [1.29, 1.82) is 0 Å². The Morgan fingerprint density at radius 3 is 3.12 bits per heavy atom. The van der Waals surface area contributed by atoms with Crippen molar-refractivity contribution in [1.82, 2.24) is 10.5 Å². The molecule has 8 heteroatoms. The van der Waals surface area contributed by atoms with Crippen molar-refractivity contribution in [2.45, 2.75) is 32.0 Å². The number of nitrogens with zero attached hydrogens (tertiary/aromatic N) is 1. The molecule has 1 aliphatic rings. The van der Waals surface area contributed by atoms with Gasteiger partial charge in [-0.1, -0.05) is 23.2 Å². The van der Waals surface area contributed by atoms with E-state index in [1.807, 2.05) is 6.08 Å². The molecule has 1 atom stereocenters. The molecule has 0 saturated heterocycles. The van der Waals surface area contributed by atoms with Crippen molar-refractivity contribution in [3.63, 3.8) is 0 Å².